The number of anilines is 1. The summed E-state index contributed by atoms with van der Waals surface area (Å²) in [4.78, 5) is 14.4. The molecule has 0 saturated carbocycles. The minimum atomic E-state index is -0.546. The van der Waals surface area contributed by atoms with Crippen LogP contribution < -0.4 is 15.8 Å². The van der Waals surface area contributed by atoms with Crippen LogP contribution in [0.3, 0.4) is 0 Å². The summed E-state index contributed by atoms with van der Waals surface area (Å²) in [5.41, 5.74) is 6.25. The molecule has 0 radical (unpaired) electrons. The Morgan fingerprint density at radius 3 is 2.80 bits per heavy atom. The van der Waals surface area contributed by atoms with Gasteiger partial charge in [-0.05, 0) is 13.0 Å². The Balaban J connectivity index is 2.26. The van der Waals surface area contributed by atoms with Crippen LogP contribution in [0.15, 0.2) is 30.3 Å². The van der Waals surface area contributed by atoms with Gasteiger partial charge in [-0.15, -0.1) is 0 Å². The second-order valence-electron chi connectivity index (χ2n) is 4.32. The monoisotopic (exact) mass is 277 g/mol. The minimum absolute atomic E-state index is 0.216. The Morgan fingerprint density at radius 2 is 2.15 bits per heavy atom. The zero-order valence-electron chi connectivity index (χ0n) is 11.2. The summed E-state index contributed by atoms with van der Waals surface area (Å²) in [7, 11) is 1.50. The number of nitrogens with one attached hydrogen (secondary N) is 2. The first-order chi connectivity index (χ1) is 9.52. The number of aromatic amines is 1. The van der Waals surface area contributed by atoms with Gasteiger partial charge in [-0.1, -0.05) is 18.2 Å². The topological polar surface area (TPSA) is 80.1 Å². The zero-order valence-corrected chi connectivity index (χ0v) is 11.2. The number of ether oxygens (including phenoxy) is 1. The maximum absolute atomic E-state index is 13.7. The summed E-state index contributed by atoms with van der Waals surface area (Å²) in [6.07, 6.45) is -0.546. The summed E-state index contributed by atoms with van der Waals surface area (Å²) in [5.74, 6) is -0.112. The number of nitrogen functional groups attached to an aromatic ring is 1. The van der Waals surface area contributed by atoms with E-state index in [4.69, 9.17) is 10.5 Å². The van der Waals surface area contributed by atoms with Crippen LogP contribution in [0.5, 0.6) is 5.75 Å². The van der Waals surface area contributed by atoms with Gasteiger partial charge in [-0.2, -0.15) is 0 Å². The molecule has 106 valence electrons. The van der Waals surface area contributed by atoms with Gasteiger partial charge in [0, 0.05) is 18.7 Å². The molecule has 1 atom stereocenters. The zero-order chi connectivity index (χ0) is 14.7. The van der Waals surface area contributed by atoms with Crippen molar-refractivity contribution >= 4 is 11.7 Å². The molecule has 0 spiro atoms. The molecule has 0 bridgehead atoms. The van der Waals surface area contributed by atoms with Gasteiger partial charge in [-0.25, -0.2) is 4.39 Å². The average molecular weight is 277 g/mol. The summed E-state index contributed by atoms with van der Waals surface area (Å²) < 4.78 is 19.3. The number of carbonyl (C=O) groups excluding carboxylic acids is 1. The van der Waals surface area contributed by atoms with Gasteiger partial charge in [0.2, 0.25) is 0 Å². The first-order valence-electron chi connectivity index (χ1n) is 6.14. The second-order valence-corrected chi connectivity index (χ2v) is 4.32. The number of rotatable bonds is 4. The van der Waals surface area contributed by atoms with Crippen molar-refractivity contribution in [2.24, 2.45) is 0 Å². The predicted molar refractivity (Wildman–Crippen MR) is 74.0 cm³/mol. The van der Waals surface area contributed by atoms with Crippen molar-refractivity contribution in [2.75, 3.05) is 12.8 Å². The van der Waals surface area contributed by atoms with E-state index in [1.54, 1.807) is 25.1 Å². The van der Waals surface area contributed by atoms with E-state index in [1.807, 2.05) is 0 Å². The minimum Gasteiger partial charge on any atom is -0.483 e. The fourth-order valence-corrected chi connectivity index (χ4v) is 1.90. The van der Waals surface area contributed by atoms with E-state index in [-0.39, 0.29) is 23.2 Å². The molecule has 1 heterocycles. The fourth-order valence-electron chi connectivity index (χ4n) is 1.90. The molecule has 1 aromatic carbocycles. The van der Waals surface area contributed by atoms with E-state index in [1.165, 1.54) is 19.2 Å². The molecule has 5 nitrogen and oxygen atoms in total. The summed E-state index contributed by atoms with van der Waals surface area (Å²) in [6, 6.07) is 7.83. The molecule has 1 amide bonds. The lowest BCUT2D eigenvalue weighted by Gasteiger charge is -2.15. The highest BCUT2D eigenvalue weighted by atomic mass is 19.1. The molecule has 2 aromatic rings. The van der Waals surface area contributed by atoms with Gasteiger partial charge in [0.25, 0.3) is 5.91 Å². The largest absolute Gasteiger partial charge is 0.483 e. The number of H-pyrrole nitrogens is 1. The quantitative estimate of drug-likeness (QED) is 0.801. The van der Waals surface area contributed by atoms with Crippen LogP contribution in [0.1, 0.15) is 29.1 Å². The molecule has 1 unspecified atom stereocenters. The number of benzene rings is 1. The Kier molecular flexibility index (Phi) is 3.93. The molecular formula is C14H16FN3O2. The molecule has 0 aliphatic heterocycles. The lowest BCUT2D eigenvalue weighted by molar-refractivity contribution is 0.0952. The van der Waals surface area contributed by atoms with E-state index in [9.17, 15) is 9.18 Å². The third-order valence-electron chi connectivity index (χ3n) is 2.90. The van der Waals surface area contributed by atoms with Crippen LogP contribution >= 0.6 is 0 Å². The summed E-state index contributed by atoms with van der Waals surface area (Å²) >= 11 is 0. The third-order valence-corrected chi connectivity index (χ3v) is 2.90. The lowest BCUT2D eigenvalue weighted by atomic mass is 10.1. The molecule has 0 saturated heterocycles. The number of carbonyl (C=O) groups is 1. The van der Waals surface area contributed by atoms with E-state index in [0.717, 1.165) is 0 Å². The molecule has 0 aliphatic rings. The molecule has 20 heavy (non-hydrogen) atoms. The van der Waals surface area contributed by atoms with Crippen molar-refractivity contribution in [1.29, 1.82) is 0 Å². The van der Waals surface area contributed by atoms with Gasteiger partial charge < -0.3 is 20.8 Å². The molecule has 0 aliphatic carbocycles. The third kappa shape index (κ3) is 2.74. The van der Waals surface area contributed by atoms with Crippen molar-refractivity contribution in [3.05, 3.63) is 47.4 Å². The van der Waals surface area contributed by atoms with Gasteiger partial charge >= 0.3 is 0 Å². The Hall–Kier alpha value is -2.50. The summed E-state index contributed by atoms with van der Waals surface area (Å²) in [5, 5.41) is 2.48. The maximum atomic E-state index is 13.7. The Morgan fingerprint density at radius 1 is 1.45 bits per heavy atom. The molecule has 1 aromatic heterocycles. The summed E-state index contributed by atoms with van der Waals surface area (Å²) in [6.45, 7) is 1.70. The Labute approximate surface area is 115 Å². The number of nitrogens with two attached hydrogens (primary N) is 1. The maximum Gasteiger partial charge on any atom is 0.271 e. The van der Waals surface area contributed by atoms with Gasteiger partial charge in [0.15, 0.2) is 5.75 Å². The molecule has 0 fully saturated rings. The van der Waals surface area contributed by atoms with Crippen LogP contribution in [0, 0.1) is 5.82 Å². The highest BCUT2D eigenvalue weighted by Crippen LogP contribution is 2.28. The SMILES string of the molecule is CNC(=O)c1[nH]c(N)cc1OC(C)c1ccccc1F. The standard InChI is InChI=1S/C14H16FN3O2/c1-8(9-5-3-4-6-10(9)15)20-11-7-12(16)18-13(11)14(19)17-2/h3-8,18H,16H2,1-2H3,(H,17,19). The molecule has 2 rings (SSSR count). The van der Waals surface area contributed by atoms with Crippen molar-refractivity contribution in [3.63, 3.8) is 0 Å². The number of amides is 1. The molecular weight excluding hydrogens is 261 g/mol. The van der Waals surface area contributed by atoms with E-state index in [0.29, 0.717) is 11.4 Å². The van der Waals surface area contributed by atoms with E-state index >= 15 is 0 Å². The van der Waals surface area contributed by atoms with Crippen LogP contribution in [0.4, 0.5) is 10.2 Å². The molecule has 6 heteroatoms. The number of hydrogen-bond acceptors (Lipinski definition) is 3. The van der Waals surface area contributed by atoms with Crippen LogP contribution in [0.25, 0.3) is 0 Å². The average Bonchev–Trinajstić information content (AvgIpc) is 2.79. The predicted octanol–water partition coefficient (Wildman–Crippen LogP) is 2.24. The van der Waals surface area contributed by atoms with Crippen LogP contribution in [-0.4, -0.2) is 17.9 Å². The Bertz CT molecular complexity index is 625. The van der Waals surface area contributed by atoms with Gasteiger partial charge in [0.1, 0.15) is 23.4 Å². The van der Waals surface area contributed by atoms with Gasteiger partial charge in [0.05, 0.1) is 0 Å². The first kappa shape index (κ1) is 13.9. The fraction of sp³-hybridized carbons (Fsp3) is 0.214. The van der Waals surface area contributed by atoms with E-state index < -0.39 is 6.10 Å². The van der Waals surface area contributed by atoms with Crippen molar-refractivity contribution < 1.29 is 13.9 Å². The highest BCUT2D eigenvalue weighted by molar-refractivity contribution is 5.95. The van der Waals surface area contributed by atoms with Crippen molar-refractivity contribution in [2.45, 2.75) is 13.0 Å². The normalized spacial score (nSPS) is 11.9. The smallest absolute Gasteiger partial charge is 0.271 e. The highest BCUT2D eigenvalue weighted by Gasteiger charge is 2.19. The molecule has 4 N–H and O–H groups in total. The van der Waals surface area contributed by atoms with Crippen LogP contribution in [-0.2, 0) is 0 Å². The van der Waals surface area contributed by atoms with Crippen LogP contribution in [0.2, 0.25) is 0 Å². The van der Waals surface area contributed by atoms with E-state index in [2.05, 4.69) is 10.3 Å². The van der Waals surface area contributed by atoms with Crippen molar-refractivity contribution in [1.82, 2.24) is 10.3 Å². The number of aromatic nitrogens is 1. The first-order valence-corrected chi connectivity index (χ1v) is 6.14. The lowest BCUT2D eigenvalue weighted by Crippen LogP contribution is -2.19. The number of halogens is 1. The van der Waals surface area contributed by atoms with Gasteiger partial charge in [-0.3, -0.25) is 4.79 Å². The second kappa shape index (κ2) is 5.64. The number of hydrogen-bond donors (Lipinski definition) is 3. The van der Waals surface area contributed by atoms with Crippen molar-refractivity contribution in [3.8, 4) is 5.75 Å².